The second-order valence-corrected chi connectivity index (χ2v) is 9.03. The van der Waals surface area contributed by atoms with Crippen LogP contribution in [0.15, 0.2) is 18.3 Å². The standard InChI is InChI=1S/C23H34N2O3/c1-6-7-8-9-10-22(2,3)16-13-18(27)20-19(14-16)28-23(4,5)17-15-24-25(11-12-26)21(17)20/h13-15,26-27H,6-12H2,1-5H3. The maximum Gasteiger partial charge on any atom is 0.134 e. The van der Waals surface area contributed by atoms with Crippen LogP contribution in [0.5, 0.6) is 11.5 Å². The molecule has 0 bridgehead atoms. The van der Waals surface area contributed by atoms with Crippen LogP contribution in [0.1, 0.15) is 77.8 Å². The maximum absolute atomic E-state index is 11.0. The van der Waals surface area contributed by atoms with E-state index >= 15 is 0 Å². The van der Waals surface area contributed by atoms with Gasteiger partial charge in [-0.05, 0) is 43.4 Å². The maximum atomic E-state index is 11.0. The van der Waals surface area contributed by atoms with Gasteiger partial charge in [-0.1, -0.05) is 46.5 Å². The third-order valence-corrected chi connectivity index (χ3v) is 5.92. The van der Waals surface area contributed by atoms with Crippen LogP contribution in [0.4, 0.5) is 0 Å². The van der Waals surface area contributed by atoms with Crippen LogP contribution in [0, 0.1) is 0 Å². The Hall–Kier alpha value is -2.01. The van der Waals surface area contributed by atoms with Crippen LogP contribution in [0.25, 0.3) is 11.3 Å². The van der Waals surface area contributed by atoms with Crippen molar-refractivity contribution in [3.05, 3.63) is 29.5 Å². The molecule has 2 aromatic rings. The van der Waals surface area contributed by atoms with Crippen LogP contribution < -0.4 is 4.74 Å². The number of unbranched alkanes of at least 4 members (excludes halogenated alkanes) is 3. The lowest BCUT2D eigenvalue weighted by atomic mass is 9.78. The first-order valence-electron chi connectivity index (χ1n) is 10.5. The summed E-state index contributed by atoms with van der Waals surface area (Å²) in [7, 11) is 0. The summed E-state index contributed by atoms with van der Waals surface area (Å²) in [6.07, 6.45) is 7.76. The highest BCUT2D eigenvalue weighted by Crippen LogP contribution is 2.50. The quantitative estimate of drug-likeness (QED) is 0.618. The second-order valence-electron chi connectivity index (χ2n) is 9.03. The number of aromatic nitrogens is 2. The fraction of sp³-hybridized carbons (Fsp3) is 0.609. The van der Waals surface area contributed by atoms with E-state index in [0.29, 0.717) is 17.9 Å². The van der Waals surface area contributed by atoms with Crippen molar-refractivity contribution < 1.29 is 14.9 Å². The van der Waals surface area contributed by atoms with Crippen molar-refractivity contribution in [2.45, 2.75) is 84.3 Å². The van der Waals surface area contributed by atoms with Crippen molar-refractivity contribution in [3.8, 4) is 22.8 Å². The number of aliphatic hydroxyl groups is 1. The summed E-state index contributed by atoms with van der Waals surface area (Å²) < 4.78 is 8.08. The molecule has 0 fully saturated rings. The Morgan fingerprint density at radius 1 is 1.18 bits per heavy atom. The van der Waals surface area contributed by atoms with E-state index in [4.69, 9.17) is 4.74 Å². The average molecular weight is 387 g/mol. The van der Waals surface area contributed by atoms with Gasteiger partial charge in [-0.25, -0.2) is 0 Å². The van der Waals surface area contributed by atoms with Crippen molar-refractivity contribution in [3.63, 3.8) is 0 Å². The van der Waals surface area contributed by atoms with Crippen molar-refractivity contribution in [1.29, 1.82) is 0 Å². The number of rotatable bonds is 8. The van der Waals surface area contributed by atoms with Gasteiger partial charge in [-0.2, -0.15) is 5.10 Å². The molecule has 5 nitrogen and oxygen atoms in total. The third-order valence-electron chi connectivity index (χ3n) is 5.92. The Morgan fingerprint density at radius 3 is 2.61 bits per heavy atom. The molecule has 28 heavy (non-hydrogen) atoms. The molecular weight excluding hydrogens is 352 g/mol. The molecule has 1 aliphatic rings. The number of nitrogens with zero attached hydrogens (tertiary/aromatic N) is 2. The minimum Gasteiger partial charge on any atom is -0.507 e. The monoisotopic (exact) mass is 386 g/mol. The van der Waals surface area contributed by atoms with Gasteiger partial charge in [0.05, 0.1) is 30.6 Å². The summed E-state index contributed by atoms with van der Waals surface area (Å²) in [5.41, 5.74) is 2.94. The predicted octanol–water partition coefficient (Wildman–Crippen LogP) is 5.12. The number of fused-ring (bicyclic) bond motifs is 3. The van der Waals surface area contributed by atoms with Crippen molar-refractivity contribution in [2.24, 2.45) is 0 Å². The summed E-state index contributed by atoms with van der Waals surface area (Å²) in [4.78, 5) is 0. The van der Waals surface area contributed by atoms with Gasteiger partial charge in [-0.3, -0.25) is 4.68 Å². The Labute approximate surface area is 168 Å². The highest BCUT2D eigenvalue weighted by atomic mass is 16.5. The predicted molar refractivity (Wildman–Crippen MR) is 112 cm³/mol. The number of aliphatic hydroxyl groups excluding tert-OH is 1. The number of phenols is 1. The largest absolute Gasteiger partial charge is 0.507 e. The first-order chi connectivity index (χ1) is 13.2. The van der Waals surface area contributed by atoms with Gasteiger partial charge in [0, 0.05) is 5.56 Å². The number of ether oxygens (including phenoxy) is 1. The molecule has 0 unspecified atom stereocenters. The lowest BCUT2D eigenvalue weighted by Crippen LogP contribution is -2.30. The molecule has 0 spiro atoms. The Morgan fingerprint density at radius 2 is 1.93 bits per heavy atom. The lowest BCUT2D eigenvalue weighted by molar-refractivity contribution is 0.104. The third kappa shape index (κ3) is 3.77. The van der Waals surface area contributed by atoms with Crippen LogP contribution in [0.2, 0.25) is 0 Å². The minimum absolute atomic E-state index is 0.00558. The number of hydrogen-bond donors (Lipinski definition) is 2. The number of benzene rings is 1. The fourth-order valence-electron chi connectivity index (χ4n) is 4.13. The lowest BCUT2D eigenvalue weighted by Gasteiger charge is -2.35. The van der Waals surface area contributed by atoms with Crippen LogP contribution >= 0.6 is 0 Å². The van der Waals surface area contributed by atoms with Gasteiger partial charge in [0.2, 0.25) is 0 Å². The molecule has 1 aliphatic heterocycles. The molecule has 0 aliphatic carbocycles. The molecule has 2 N–H and O–H groups in total. The van der Waals surface area contributed by atoms with E-state index < -0.39 is 5.60 Å². The average Bonchev–Trinajstić information content (AvgIpc) is 3.03. The van der Waals surface area contributed by atoms with Gasteiger partial charge >= 0.3 is 0 Å². The molecule has 1 aromatic carbocycles. The van der Waals surface area contributed by atoms with E-state index in [1.807, 2.05) is 19.9 Å². The zero-order chi connectivity index (χ0) is 20.5. The van der Waals surface area contributed by atoms with Crippen molar-refractivity contribution >= 4 is 0 Å². The van der Waals surface area contributed by atoms with Gasteiger partial charge in [-0.15, -0.1) is 0 Å². The number of hydrogen-bond acceptors (Lipinski definition) is 4. The second kappa shape index (κ2) is 7.78. The zero-order valence-electron chi connectivity index (χ0n) is 17.9. The molecule has 154 valence electrons. The van der Waals surface area contributed by atoms with Gasteiger partial charge in [0.1, 0.15) is 17.1 Å². The molecule has 2 heterocycles. The van der Waals surface area contributed by atoms with Gasteiger partial charge in [0.25, 0.3) is 0 Å². The minimum atomic E-state index is -0.549. The summed E-state index contributed by atoms with van der Waals surface area (Å²) in [5, 5.41) is 24.8. The van der Waals surface area contributed by atoms with Gasteiger partial charge < -0.3 is 14.9 Å². The molecule has 0 saturated heterocycles. The summed E-state index contributed by atoms with van der Waals surface area (Å²) >= 11 is 0. The highest BCUT2D eigenvalue weighted by molar-refractivity contribution is 5.79. The number of aromatic hydroxyl groups is 1. The van der Waals surface area contributed by atoms with Crippen LogP contribution in [0.3, 0.4) is 0 Å². The number of phenolic OH excluding ortho intramolecular Hbond substituents is 1. The van der Waals surface area contributed by atoms with E-state index in [9.17, 15) is 10.2 Å². The Balaban J connectivity index is 2.02. The summed E-state index contributed by atoms with van der Waals surface area (Å²) in [6.45, 7) is 11.1. The summed E-state index contributed by atoms with van der Waals surface area (Å²) in [5.74, 6) is 0.902. The fourth-order valence-corrected chi connectivity index (χ4v) is 4.13. The van der Waals surface area contributed by atoms with E-state index in [2.05, 4.69) is 31.9 Å². The molecular formula is C23H34N2O3. The smallest absolute Gasteiger partial charge is 0.134 e. The molecule has 0 radical (unpaired) electrons. The first-order valence-corrected chi connectivity index (χ1v) is 10.5. The Bertz CT molecular complexity index is 837. The molecule has 3 rings (SSSR count). The van der Waals surface area contributed by atoms with Crippen LogP contribution in [-0.2, 0) is 17.6 Å². The highest BCUT2D eigenvalue weighted by Gasteiger charge is 2.38. The zero-order valence-corrected chi connectivity index (χ0v) is 17.9. The Kier molecular flexibility index (Phi) is 5.76. The van der Waals surface area contributed by atoms with E-state index in [-0.39, 0.29) is 17.8 Å². The molecule has 0 atom stereocenters. The van der Waals surface area contributed by atoms with Crippen LogP contribution in [-0.4, -0.2) is 26.6 Å². The molecule has 1 aromatic heterocycles. The summed E-state index contributed by atoms with van der Waals surface area (Å²) in [6, 6.07) is 3.95. The molecule has 0 saturated carbocycles. The van der Waals surface area contributed by atoms with Crippen molar-refractivity contribution in [2.75, 3.05) is 6.61 Å². The normalized spacial score (nSPS) is 15.1. The topological polar surface area (TPSA) is 67.5 Å². The first kappa shape index (κ1) is 20.7. The van der Waals surface area contributed by atoms with E-state index in [1.165, 1.54) is 25.7 Å². The van der Waals surface area contributed by atoms with E-state index in [0.717, 1.165) is 23.2 Å². The van der Waals surface area contributed by atoms with E-state index in [1.54, 1.807) is 10.9 Å². The molecule has 5 heteroatoms. The molecule has 0 amide bonds. The van der Waals surface area contributed by atoms with Crippen molar-refractivity contribution in [1.82, 2.24) is 9.78 Å². The SMILES string of the molecule is CCCCCCC(C)(C)c1cc(O)c2c(c1)OC(C)(C)c1cnn(CCO)c1-2. The van der Waals surface area contributed by atoms with Gasteiger partial charge in [0.15, 0.2) is 0 Å².